The second-order valence-electron chi connectivity index (χ2n) is 4.34. The Bertz CT molecular complexity index is 396. The highest BCUT2D eigenvalue weighted by atomic mass is 16.5. The van der Waals surface area contributed by atoms with Gasteiger partial charge in [0.15, 0.2) is 0 Å². The summed E-state index contributed by atoms with van der Waals surface area (Å²) in [7, 11) is 3.16. The minimum atomic E-state index is 0.0214. The van der Waals surface area contributed by atoms with Crippen LogP contribution in [0.3, 0.4) is 0 Å². The van der Waals surface area contributed by atoms with Crippen LogP contribution in [0.1, 0.15) is 37.0 Å². The molecule has 1 aromatic carbocycles. The van der Waals surface area contributed by atoms with Crippen LogP contribution in [-0.2, 0) is 0 Å². The van der Waals surface area contributed by atoms with Crippen LogP contribution in [0.4, 0.5) is 0 Å². The highest BCUT2D eigenvalue weighted by molar-refractivity contribution is 5.95. The zero-order chi connectivity index (χ0) is 14.3. The van der Waals surface area contributed by atoms with E-state index in [1.54, 1.807) is 32.4 Å². The molecule has 0 aliphatic heterocycles. The van der Waals surface area contributed by atoms with E-state index in [2.05, 4.69) is 6.92 Å². The summed E-state index contributed by atoms with van der Waals surface area (Å²) in [4.78, 5) is 14.3. The fraction of sp³-hybridized carbons (Fsp3) is 0.533. The van der Waals surface area contributed by atoms with E-state index in [9.17, 15) is 4.79 Å². The summed E-state index contributed by atoms with van der Waals surface area (Å²) in [5, 5.41) is 0. The van der Waals surface area contributed by atoms with Crippen molar-refractivity contribution in [3.8, 4) is 11.5 Å². The van der Waals surface area contributed by atoms with Crippen LogP contribution in [0.2, 0.25) is 0 Å². The summed E-state index contributed by atoms with van der Waals surface area (Å²) in [5.74, 6) is 1.29. The van der Waals surface area contributed by atoms with Gasteiger partial charge in [-0.3, -0.25) is 4.79 Å². The highest BCUT2D eigenvalue weighted by Gasteiger charge is 2.15. The first-order valence-corrected chi connectivity index (χ1v) is 6.68. The van der Waals surface area contributed by atoms with E-state index in [0.29, 0.717) is 23.6 Å². The molecule has 0 aliphatic rings. The van der Waals surface area contributed by atoms with E-state index in [0.717, 1.165) is 19.4 Å². The summed E-state index contributed by atoms with van der Waals surface area (Å²) in [6.45, 7) is 5.60. The maximum absolute atomic E-state index is 12.4. The maximum atomic E-state index is 12.4. The van der Waals surface area contributed by atoms with Crippen LogP contribution in [0.5, 0.6) is 11.5 Å². The van der Waals surface area contributed by atoms with Crippen molar-refractivity contribution < 1.29 is 14.3 Å². The molecule has 0 N–H and O–H groups in total. The Morgan fingerprint density at radius 3 is 2.11 bits per heavy atom. The van der Waals surface area contributed by atoms with Crippen molar-refractivity contribution >= 4 is 5.91 Å². The molecular weight excluding hydrogens is 242 g/mol. The number of hydrogen-bond donors (Lipinski definition) is 0. The SMILES string of the molecule is CCCCN(CC)C(=O)c1cc(OC)cc(OC)c1. The number of amides is 1. The summed E-state index contributed by atoms with van der Waals surface area (Å²) in [6.07, 6.45) is 2.09. The molecule has 4 heteroatoms. The van der Waals surface area contributed by atoms with Crippen molar-refractivity contribution in [1.29, 1.82) is 0 Å². The zero-order valence-corrected chi connectivity index (χ0v) is 12.2. The Kier molecular flexibility index (Phi) is 6.19. The van der Waals surface area contributed by atoms with Crippen LogP contribution in [0, 0.1) is 0 Å². The quantitative estimate of drug-likeness (QED) is 0.761. The number of hydrogen-bond acceptors (Lipinski definition) is 3. The maximum Gasteiger partial charge on any atom is 0.254 e. The van der Waals surface area contributed by atoms with Crippen LogP contribution in [-0.4, -0.2) is 38.1 Å². The average Bonchev–Trinajstić information content (AvgIpc) is 2.47. The normalized spacial score (nSPS) is 10.1. The number of rotatable bonds is 7. The number of methoxy groups -OCH3 is 2. The number of carbonyl (C=O) groups is 1. The lowest BCUT2D eigenvalue weighted by Crippen LogP contribution is -2.31. The van der Waals surface area contributed by atoms with Crippen LogP contribution in [0.25, 0.3) is 0 Å². The number of ether oxygens (including phenoxy) is 2. The molecule has 106 valence electrons. The zero-order valence-electron chi connectivity index (χ0n) is 12.2. The Hall–Kier alpha value is -1.71. The first-order valence-electron chi connectivity index (χ1n) is 6.68. The first kappa shape index (κ1) is 15.3. The highest BCUT2D eigenvalue weighted by Crippen LogP contribution is 2.23. The third-order valence-corrected chi connectivity index (χ3v) is 3.05. The Morgan fingerprint density at radius 2 is 1.68 bits per heavy atom. The van der Waals surface area contributed by atoms with Crippen molar-refractivity contribution in [1.82, 2.24) is 4.90 Å². The van der Waals surface area contributed by atoms with Gasteiger partial charge < -0.3 is 14.4 Å². The second-order valence-corrected chi connectivity index (χ2v) is 4.34. The topological polar surface area (TPSA) is 38.8 Å². The molecule has 1 amide bonds. The summed E-state index contributed by atoms with van der Waals surface area (Å²) < 4.78 is 10.4. The van der Waals surface area contributed by atoms with E-state index < -0.39 is 0 Å². The monoisotopic (exact) mass is 265 g/mol. The number of unbranched alkanes of at least 4 members (excludes halogenated alkanes) is 1. The predicted molar refractivity (Wildman–Crippen MR) is 76.0 cm³/mol. The van der Waals surface area contributed by atoms with Gasteiger partial charge in [-0.15, -0.1) is 0 Å². The summed E-state index contributed by atoms with van der Waals surface area (Å²) in [5.41, 5.74) is 0.606. The molecule has 0 fully saturated rings. The van der Waals surface area contributed by atoms with Gasteiger partial charge >= 0.3 is 0 Å². The van der Waals surface area contributed by atoms with E-state index >= 15 is 0 Å². The molecule has 0 atom stereocenters. The Balaban J connectivity index is 2.96. The van der Waals surface area contributed by atoms with Gasteiger partial charge in [-0.1, -0.05) is 13.3 Å². The Morgan fingerprint density at radius 1 is 1.11 bits per heavy atom. The summed E-state index contributed by atoms with van der Waals surface area (Å²) >= 11 is 0. The fourth-order valence-corrected chi connectivity index (χ4v) is 1.87. The molecule has 0 aromatic heterocycles. The molecule has 0 radical (unpaired) electrons. The molecule has 19 heavy (non-hydrogen) atoms. The van der Waals surface area contributed by atoms with Gasteiger partial charge in [0.05, 0.1) is 14.2 Å². The largest absolute Gasteiger partial charge is 0.497 e. The molecule has 0 spiro atoms. The van der Waals surface area contributed by atoms with Gasteiger partial charge in [0.1, 0.15) is 11.5 Å². The number of benzene rings is 1. The third-order valence-electron chi connectivity index (χ3n) is 3.05. The smallest absolute Gasteiger partial charge is 0.254 e. The number of carbonyl (C=O) groups excluding carboxylic acids is 1. The van der Waals surface area contributed by atoms with Gasteiger partial charge in [-0.25, -0.2) is 0 Å². The van der Waals surface area contributed by atoms with Crippen molar-refractivity contribution in [3.63, 3.8) is 0 Å². The van der Waals surface area contributed by atoms with E-state index in [-0.39, 0.29) is 5.91 Å². The van der Waals surface area contributed by atoms with Gasteiger partial charge in [-0.05, 0) is 25.5 Å². The predicted octanol–water partition coefficient (Wildman–Crippen LogP) is 2.97. The van der Waals surface area contributed by atoms with Gasteiger partial charge in [0.2, 0.25) is 0 Å². The van der Waals surface area contributed by atoms with Crippen molar-refractivity contribution in [2.45, 2.75) is 26.7 Å². The number of nitrogens with zero attached hydrogens (tertiary/aromatic N) is 1. The Labute approximate surface area is 115 Å². The summed E-state index contributed by atoms with van der Waals surface area (Å²) in [6, 6.07) is 5.26. The van der Waals surface area contributed by atoms with Crippen molar-refractivity contribution in [3.05, 3.63) is 23.8 Å². The minimum Gasteiger partial charge on any atom is -0.497 e. The molecule has 0 bridgehead atoms. The third kappa shape index (κ3) is 4.16. The molecule has 0 unspecified atom stereocenters. The minimum absolute atomic E-state index is 0.0214. The molecule has 1 rings (SSSR count). The lowest BCUT2D eigenvalue weighted by atomic mass is 10.1. The molecule has 0 heterocycles. The average molecular weight is 265 g/mol. The van der Waals surface area contributed by atoms with Crippen LogP contribution >= 0.6 is 0 Å². The molecule has 1 aromatic rings. The standard InChI is InChI=1S/C15H23NO3/c1-5-7-8-16(6-2)15(17)12-9-13(18-3)11-14(10-12)19-4/h9-11H,5-8H2,1-4H3. The van der Waals surface area contributed by atoms with Gasteiger partial charge in [0, 0.05) is 24.7 Å². The molecule has 0 aliphatic carbocycles. The fourth-order valence-electron chi connectivity index (χ4n) is 1.87. The van der Waals surface area contributed by atoms with Crippen LogP contribution < -0.4 is 9.47 Å². The van der Waals surface area contributed by atoms with E-state index in [1.807, 2.05) is 11.8 Å². The van der Waals surface area contributed by atoms with Crippen molar-refractivity contribution in [2.24, 2.45) is 0 Å². The lowest BCUT2D eigenvalue weighted by Gasteiger charge is -2.21. The molecule has 4 nitrogen and oxygen atoms in total. The first-order chi connectivity index (χ1) is 9.15. The van der Waals surface area contributed by atoms with Gasteiger partial charge in [0.25, 0.3) is 5.91 Å². The van der Waals surface area contributed by atoms with Gasteiger partial charge in [-0.2, -0.15) is 0 Å². The molecule has 0 saturated carbocycles. The lowest BCUT2D eigenvalue weighted by molar-refractivity contribution is 0.0761. The molecular formula is C15H23NO3. The second kappa shape index (κ2) is 7.67. The van der Waals surface area contributed by atoms with Crippen LogP contribution in [0.15, 0.2) is 18.2 Å². The molecule has 0 saturated heterocycles. The van der Waals surface area contributed by atoms with Crippen molar-refractivity contribution in [2.75, 3.05) is 27.3 Å². The van der Waals surface area contributed by atoms with E-state index in [1.165, 1.54) is 0 Å². The van der Waals surface area contributed by atoms with E-state index in [4.69, 9.17) is 9.47 Å².